The number of benzene rings is 1. The molecule has 0 saturated heterocycles. The van der Waals surface area contributed by atoms with Crippen LogP contribution in [0.2, 0.25) is 5.02 Å². The number of nitrogens with one attached hydrogen (secondary N) is 1. The van der Waals surface area contributed by atoms with Crippen molar-refractivity contribution >= 4 is 11.6 Å². The number of rotatable bonds is 2. The highest BCUT2D eigenvalue weighted by Crippen LogP contribution is 2.32. The highest BCUT2D eigenvalue weighted by atomic mass is 35.5. The molecule has 2 aromatic rings. The Balaban J connectivity index is 2.54. The van der Waals surface area contributed by atoms with E-state index in [-0.39, 0.29) is 0 Å². The maximum absolute atomic E-state index is 6.10. The molecule has 0 radical (unpaired) electrons. The van der Waals surface area contributed by atoms with Gasteiger partial charge in [0.1, 0.15) is 5.75 Å². The monoisotopic (exact) mass is 236 g/mol. The zero-order valence-electron chi connectivity index (χ0n) is 9.47. The molecule has 84 valence electrons. The fraction of sp³-hybridized carbons (Fsp3) is 0.250. The third-order valence-corrected chi connectivity index (χ3v) is 2.78. The van der Waals surface area contributed by atoms with Crippen molar-refractivity contribution in [2.24, 2.45) is 0 Å². The minimum absolute atomic E-state index is 0.601. The van der Waals surface area contributed by atoms with Crippen LogP contribution in [-0.4, -0.2) is 17.3 Å². The van der Waals surface area contributed by atoms with Crippen LogP contribution in [0.3, 0.4) is 0 Å². The summed E-state index contributed by atoms with van der Waals surface area (Å²) in [5.41, 5.74) is 4.05. The largest absolute Gasteiger partial charge is 0.495 e. The number of aromatic nitrogens is 2. The summed E-state index contributed by atoms with van der Waals surface area (Å²) >= 11 is 6.10. The van der Waals surface area contributed by atoms with Crippen molar-refractivity contribution in [3.05, 3.63) is 34.5 Å². The molecule has 4 heteroatoms. The molecule has 0 saturated carbocycles. The van der Waals surface area contributed by atoms with Crippen LogP contribution in [0.5, 0.6) is 5.75 Å². The number of methoxy groups -OCH3 is 1. The lowest BCUT2D eigenvalue weighted by molar-refractivity contribution is 0.415. The van der Waals surface area contributed by atoms with E-state index in [4.69, 9.17) is 16.3 Å². The van der Waals surface area contributed by atoms with Crippen molar-refractivity contribution in [2.45, 2.75) is 13.8 Å². The van der Waals surface area contributed by atoms with E-state index < -0.39 is 0 Å². The summed E-state index contributed by atoms with van der Waals surface area (Å²) in [4.78, 5) is 0. The molecule has 1 N–H and O–H groups in total. The molecule has 2 rings (SSSR count). The molecule has 1 heterocycles. The molecule has 0 spiro atoms. The average molecular weight is 237 g/mol. The molecule has 0 aliphatic heterocycles. The SMILES string of the molecule is COc1cc(C)c(-c2cc(C)[nH]n2)cc1Cl. The summed E-state index contributed by atoms with van der Waals surface area (Å²) in [6, 6.07) is 5.79. The van der Waals surface area contributed by atoms with E-state index in [0.29, 0.717) is 10.8 Å². The molecular weight excluding hydrogens is 224 g/mol. The Hall–Kier alpha value is -1.48. The Morgan fingerprint density at radius 2 is 2.00 bits per heavy atom. The van der Waals surface area contributed by atoms with E-state index in [1.54, 1.807) is 7.11 Å². The summed E-state index contributed by atoms with van der Waals surface area (Å²) in [6.07, 6.45) is 0. The Morgan fingerprint density at radius 1 is 1.25 bits per heavy atom. The second-order valence-corrected chi connectivity index (χ2v) is 4.15. The van der Waals surface area contributed by atoms with Gasteiger partial charge in [0.05, 0.1) is 17.8 Å². The van der Waals surface area contributed by atoms with Crippen molar-refractivity contribution < 1.29 is 4.74 Å². The minimum atomic E-state index is 0.601. The van der Waals surface area contributed by atoms with Crippen LogP contribution < -0.4 is 4.74 Å². The molecule has 0 atom stereocenters. The predicted octanol–water partition coefficient (Wildman–Crippen LogP) is 3.36. The van der Waals surface area contributed by atoms with Crippen molar-refractivity contribution in [3.63, 3.8) is 0 Å². The summed E-state index contributed by atoms with van der Waals surface area (Å²) in [6.45, 7) is 3.98. The third kappa shape index (κ3) is 1.91. The number of H-pyrrole nitrogens is 1. The van der Waals surface area contributed by atoms with Gasteiger partial charge in [-0.2, -0.15) is 5.10 Å². The van der Waals surface area contributed by atoms with Gasteiger partial charge in [-0.15, -0.1) is 0 Å². The van der Waals surface area contributed by atoms with Gasteiger partial charge in [-0.3, -0.25) is 5.10 Å². The first-order valence-electron chi connectivity index (χ1n) is 4.98. The van der Waals surface area contributed by atoms with Crippen LogP contribution in [0.1, 0.15) is 11.3 Å². The van der Waals surface area contributed by atoms with Crippen molar-refractivity contribution in [2.75, 3.05) is 7.11 Å². The molecule has 0 fully saturated rings. The van der Waals surface area contributed by atoms with Gasteiger partial charge in [0.25, 0.3) is 0 Å². The van der Waals surface area contributed by atoms with E-state index in [1.165, 1.54) is 0 Å². The van der Waals surface area contributed by atoms with E-state index in [2.05, 4.69) is 10.2 Å². The van der Waals surface area contributed by atoms with Gasteiger partial charge >= 0.3 is 0 Å². The second-order valence-electron chi connectivity index (χ2n) is 3.74. The summed E-state index contributed by atoms with van der Waals surface area (Å²) in [5, 5.41) is 7.74. The minimum Gasteiger partial charge on any atom is -0.495 e. The first-order valence-corrected chi connectivity index (χ1v) is 5.36. The zero-order chi connectivity index (χ0) is 11.7. The number of nitrogens with zero attached hydrogens (tertiary/aromatic N) is 1. The van der Waals surface area contributed by atoms with Crippen LogP contribution in [0, 0.1) is 13.8 Å². The van der Waals surface area contributed by atoms with Crippen LogP contribution in [0.15, 0.2) is 18.2 Å². The van der Waals surface area contributed by atoms with Gasteiger partial charge in [-0.05, 0) is 37.6 Å². The fourth-order valence-electron chi connectivity index (χ4n) is 1.64. The normalized spacial score (nSPS) is 10.5. The number of aryl methyl sites for hydroxylation is 2. The molecule has 1 aromatic heterocycles. The number of ether oxygens (including phenoxy) is 1. The highest BCUT2D eigenvalue weighted by Gasteiger charge is 2.10. The number of hydrogen-bond donors (Lipinski definition) is 1. The van der Waals surface area contributed by atoms with Gasteiger partial charge in [0.15, 0.2) is 0 Å². The lowest BCUT2D eigenvalue weighted by Crippen LogP contribution is -1.89. The molecular formula is C12H13ClN2O. The topological polar surface area (TPSA) is 37.9 Å². The standard InChI is InChI=1S/C12H13ClN2O/c1-7-4-12(16-3)10(13)6-9(7)11-5-8(2)14-15-11/h4-6H,1-3H3,(H,14,15). The van der Waals surface area contributed by atoms with Gasteiger partial charge < -0.3 is 4.74 Å². The molecule has 0 bridgehead atoms. The Morgan fingerprint density at radius 3 is 2.56 bits per heavy atom. The van der Waals surface area contributed by atoms with Gasteiger partial charge in [-0.1, -0.05) is 11.6 Å². The van der Waals surface area contributed by atoms with E-state index in [0.717, 1.165) is 22.5 Å². The molecule has 1 aromatic carbocycles. The third-order valence-electron chi connectivity index (χ3n) is 2.48. The maximum Gasteiger partial charge on any atom is 0.137 e. The van der Waals surface area contributed by atoms with Gasteiger partial charge in [-0.25, -0.2) is 0 Å². The van der Waals surface area contributed by atoms with Crippen molar-refractivity contribution in [3.8, 4) is 17.0 Å². The number of aromatic amines is 1. The second kappa shape index (κ2) is 4.18. The van der Waals surface area contributed by atoms with Crippen LogP contribution in [0.25, 0.3) is 11.3 Å². The van der Waals surface area contributed by atoms with E-state index in [1.807, 2.05) is 32.0 Å². The predicted molar refractivity (Wildman–Crippen MR) is 65.1 cm³/mol. The molecule has 0 aliphatic rings. The van der Waals surface area contributed by atoms with Crippen LogP contribution >= 0.6 is 11.6 Å². The van der Waals surface area contributed by atoms with Crippen LogP contribution in [0.4, 0.5) is 0 Å². The molecule has 0 unspecified atom stereocenters. The van der Waals surface area contributed by atoms with Crippen LogP contribution in [-0.2, 0) is 0 Å². The average Bonchev–Trinajstić information content (AvgIpc) is 2.67. The zero-order valence-corrected chi connectivity index (χ0v) is 10.2. The molecule has 0 aliphatic carbocycles. The smallest absolute Gasteiger partial charge is 0.137 e. The first kappa shape index (κ1) is 11.0. The lowest BCUT2D eigenvalue weighted by atomic mass is 10.1. The fourth-order valence-corrected chi connectivity index (χ4v) is 1.88. The number of hydrogen-bond acceptors (Lipinski definition) is 2. The lowest BCUT2D eigenvalue weighted by Gasteiger charge is -2.08. The molecule has 16 heavy (non-hydrogen) atoms. The Bertz CT molecular complexity index is 520. The summed E-state index contributed by atoms with van der Waals surface area (Å²) in [5.74, 6) is 0.690. The van der Waals surface area contributed by atoms with E-state index >= 15 is 0 Å². The highest BCUT2D eigenvalue weighted by molar-refractivity contribution is 6.32. The summed E-state index contributed by atoms with van der Waals surface area (Å²) in [7, 11) is 1.61. The van der Waals surface area contributed by atoms with Crippen molar-refractivity contribution in [1.82, 2.24) is 10.2 Å². The first-order chi connectivity index (χ1) is 7.61. The summed E-state index contributed by atoms with van der Waals surface area (Å²) < 4.78 is 5.16. The Labute approximate surface area is 99.4 Å². The van der Waals surface area contributed by atoms with Gasteiger partial charge in [0.2, 0.25) is 0 Å². The number of halogens is 1. The Kier molecular flexibility index (Phi) is 2.88. The quantitative estimate of drug-likeness (QED) is 0.868. The van der Waals surface area contributed by atoms with Crippen molar-refractivity contribution in [1.29, 1.82) is 0 Å². The maximum atomic E-state index is 6.10. The van der Waals surface area contributed by atoms with Gasteiger partial charge in [0, 0.05) is 11.3 Å². The molecule has 3 nitrogen and oxygen atoms in total. The molecule has 0 amide bonds. The van der Waals surface area contributed by atoms with E-state index in [9.17, 15) is 0 Å².